The molecule has 1 aromatic carbocycles. The summed E-state index contributed by atoms with van der Waals surface area (Å²) in [4.78, 5) is 11.2. The van der Waals surface area contributed by atoms with E-state index in [-0.39, 0.29) is 10.7 Å². The highest BCUT2D eigenvalue weighted by molar-refractivity contribution is 7.85. The molecule has 0 saturated carbocycles. The Morgan fingerprint density at radius 2 is 2.00 bits per heavy atom. The molecule has 0 amide bonds. The van der Waals surface area contributed by atoms with Crippen LogP contribution in [0.5, 0.6) is 5.75 Å². The van der Waals surface area contributed by atoms with E-state index < -0.39 is 5.97 Å². The molecule has 0 aromatic heterocycles. The second-order valence-electron chi connectivity index (χ2n) is 2.61. The zero-order valence-corrected chi connectivity index (χ0v) is 8.49. The molecule has 14 heavy (non-hydrogen) atoms. The van der Waals surface area contributed by atoms with Crippen LogP contribution >= 0.6 is 12.6 Å². The van der Waals surface area contributed by atoms with E-state index in [1.54, 1.807) is 18.2 Å². The van der Waals surface area contributed by atoms with Crippen LogP contribution in [0.25, 0.3) is 6.08 Å². The van der Waals surface area contributed by atoms with Gasteiger partial charge < -0.3 is 9.84 Å². The van der Waals surface area contributed by atoms with Gasteiger partial charge in [0.1, 0.15) is 5.75 Å². The molecule has 0 radical (unpaired) electrons. The largest absolute Gasteiger partial charge is 0.508 e. The van der Waals surface area contributed by atoms with E-state index in [1.165, 1.54) is 19.2 Å². The first-order valence-electron chi connectivity index (χ1n) is 3.91. The van der Waals surface area contributed by atoms with E-state index in [0.29, 0.717) is 0 Å². The van der Waals surface area contributed by atoms with Gasteiger partial charge in [0, 0.05) is 0 Å². The molecular weight excluding hydrogens is 200 g/mol. The molecule has 1 N–H and O–H groups in total. The van der Waals surface area contributed by atoms with Crippen molar-refractivity contribution in [3.63, 3.8) is 0 Å². The summed E-state index contributed by atoms with van der Waals surface area (Å²) in [5.74, 6) is -0.303. The number of esters is 1. The van der Waals surface area contributed by atoms with Gasteiger partial charge in [-0.3, -0.25) is 0 Å². The molecule has 0 aliphatic heterocycles. The average molecular weight is 210 g/mol. The average Bonchev–Trinajstić information content (AvgIpc) is 2.20. The Balaban J connectivity index is 2.86. The molecule has 0 fully saturated rings. The lowest BCUT2D eigenvalue weighted by Gasteiger charge is -1.98. The van der Waals surface area contributed by atoms with Crippen molar-refractivity contribution in [1.82, 2.24) is 0 Å². The molecule has 0 atom stereocenters. The molecule has 1 aromatic rings. The standard InChI is InChI=1S/C10H10O3S/c1-13-10(12)9(14)6-7-2-4-8(11)5-3-7/h2-6,11,14H,1H3/b9-6-. The lowest BCUT2D eigenvalue weighted by Crippen LogP contribution is -1.99. The number of thiol groups is 1. The lowest BCUT2D eigenvalue weighted by atomic mass is 10.2. The summed E-state index contributed by atoms with van der Waals surface area (Å²) < 4.78 is 4.47. The Kier molecular flexibility index (Phi) is 3.59. The van der Waals surface area contributed by atoms with Crippen molar-refractivity contribution < 1.29 is 14.6 Å². The maximum atomic E-state index is 11.0. The first-order chi connectivity index (χ1) is 6.63. The van der Waals surface area contributed by atoms with E-state index in [0.717, 1.165) is 5.56 Å². The number of rotatable bonds is 2. The third kappa shape index (κ3) is 2.81. The minimum absolute atomic E-state index is 0.181. The molecule has 0 aliphatic rings. The Morgan fingerprint density at radius 1 is 1.43 bits per heavy atom. The Labute approximate surface area is 87.4 Å². The fraction of sp³-hybridized carbons (Fsp3) is 0.100. The molecule has 0 bridgehead atoms. The van der Waals surface area contributed by atoms with Crippen LogP contribution in [-0.4, -0.2) is 18.2 Å². The van der Waals surface area contributed by atoms with Gasteiger partial charge in [-0.05, 0) is 23.8 Å². The number of benzene rings is 1. The maximum absolute atomic E-state index is 11.0. The minimum Gasteiger partial charge on any atom is -0.508 e. The van der Waals surface area contributed by atoms with Gasteiger partial charge in [0.25, 0.3) is 0 Å². The Morgan fingerprint density at radius 3 is 2.50 bits per heavy atom. The number of ether oxygens (including phenoxy) is 1. The van der Waals surface area contributed by atoms with Gasteiger partial charge in [-0.25, -0.2) is 4.79 Å². The molecule has 74 valence electrons. The van der Waals surface area contributed by atoms with E-state index in [1.807, 2.05) is 0 Å². The molecule has 0 spiro atoms. The summed E-state index contributed by atoms with van der Waals surface area (Å²) in [5.41, 5.74) is 0.776. The van der Waals surface area contributed by atoms with Gasteiger partial charge in [0.15, 0.2) is 0 Å². The zero-order chi connectivity index (χ0) is 10.6. The summed E-state index contributed by atoms with van der Waals surface area (Å²) >= 11 is 3.97. The second-order valence-corrected chi connectivity index (χ2v) is 3.09. The third-order valence-corrected chi connectivity index (χ3v) is 1.90. The molecule has 3 nitrogen and oxygen atoms in total. The van der Waals surface area contributed by atoms with Crippen LogP contribution < -0.4 is 0 Å². The first-order valence-corrected chi connectivity index (χ1v) is 4.36. The third-order valence-electron chi connectivity index (χ3n) is 1.59. The number of methoxy groups -OCH3 is 1. The van der Waals surface area contributed by atoms with Crippen LogP contribution in [0.2, 0.25) is 0 Å². The SMILES string of the molecule is COC(=O)/C(S)=C/c1ccc(O)cc1. The Bertz CT molecular complexity index is 354. The first kappa shape index (κ1) is 10.7. The van der Waals surface area contributed by atoms with Gasteiger partial charge >= 0.3 is 5.97 Å². The van der Waals surface area contributed by atoms with Crippen LogP contribution in [0.4, 0.5) is 0 Å². The van der Waals surface area contributed by atoms with Crippen LogP contribution in [0.1, 0.15) is 5.56 Å². The van der Waals surface area contributed by atoms with Gasteiger partial charge in [-0.15, -0.1) is 12.6 Å². The second kappa shape index (κ2) is 4.72. The quantitative estimate of drug-likeness (QED) is 0.445. The van der Waals surface area contributed by atoms with E-state index >= 15 is 0 Å². The minimum atomic E-state index is -0.485. The summed E-state index contributed by atoms with van der Waals surface area (Å²) in [6.07, 6.45) is 1.56. The Hall–Kier alpha value is -1.42. The van der Waals surface area contributed by atoms with Gasteiger partial charge in [-0.2, -0.15) is 0 Å². The van der Waals surface area contributed by atoms with Crippen LogP contribution in [0.3, 0.4) is 0 Å². The number of carbonyl (C=O) groups is 1. The highest BCUT2D eigenvalue weighted by Crippen LogP contribution is 2.14. The smallest absolute Gasteiger partial charge is 0.344 e. The molecule has 0 saturated heterocycles. The van der Waals surface area contributed by atoms with Crippen molar-refractivity contribution in [1.29, 1.82) is 0 Å². The maximum Gasteiger partial charge on any atom is 0.344 e. The zero-order valence-electron chi connectivity index (χ0n) is 7.60. The number of phenolic OH excluding ortho intramolecular Hbond substituents is 1. The van der Waals surface area contributed by atoms with Crippen molar-refractivity contribution in [3.05, 3.63) is 34.7 Å². The summed E-state index contributed by atoms with van der Waals surface area (Å²) in [6.45, 7) is 0. The van der Waals surface area contributed by atoms with Crippen LogP contribution in [0, 0.1) is 0 Å². The fourth-order valence-corrected chi connectivity index (χ4v) is 1.13. The van der Waals surface area contributed by atoms with E-state index in [4.69, 9.17) is 5.11 Å². The van der Waals surface area contributed by atoms with E-state index in [9.17, 15) is 4.79 Å². The number of hydrogen-bond acceptors (Lipinski definition) is 4. The van der Waals surface area contributed by atoms with Crippen molar-refractivity contribution >= 4 is 24.7 Å². The lowest BCUT2D eigenvalue weighted by molar-refractivity contribution is -0.135. The van der Waals surface area contributed by atoms with Crippen LogP contribution in [0.15, 0.2) is 29.2 Å². The van der Waals surface area contributed by atoms with Gasteiger partial charge in [0.05, 0.1) is 12.0 Å². The van der Waals surface area contributed by atoms with Crippen molar-refractivity contribution in [2.75, 3.05) is 7.11 Å². The molecule has 1 rings (SSSR count). The summed E-state index contributed by atoms with van der Waals surface area (Å²) in [5, 5.41) is 9.01. The summed E-state index contributed by atoms with van der Waals surface area (Å²) in [7, 11) is 1.29. The molecule has 0 aliphatic carbocycles. The van der Waals surface area contributed by atoms with Gasteiger partial charge in [0.2, 0.25) is 0 Å². The number of phenols is 1. The van der Waals surface area contributed by atoms with Crippen LogP contribution in [-0.2, 0) is 9.53 Å². The van der Waals surface area contributed by atoms with Crippen molar-refractivity contribution in [3.8, 4) is 5.75 Å². The number of hydrogen-bond donors (Lipinski definition) is 2. The highest BCUT2D eigenvalue weighted by atomic mass is 32.1. The normalized spacial score (nSPS) is 11.1. The van der Waals surface area contributed by atoms with Crippen molar-refractivity contribution in [2.45, 2.75) is 0 Å². The molecule has 0 unspecified atom stereocenters. The molecule has 0 heterocycles. The number of carbonyl (C=O) groups excluding carboxylic acids is 1. The molecular formula is C10H10O3S. The van der Waals surface area contributed by atoms with Crippen molar-refractivity contribution in [2.24, 2.45) is 0 Å². The monoisotopic (exact) mass is 210 g/mol. The topological polar surface area (TPSA) is 46.5 Å². The van der Waals surface area contributed by atoms with Gasteiger partial charge in [-0.1, -0.05) is 12.1 Å². The molecule has 4 heteroatoms. The predicted molar refractivity (Wildman–Crippen MR) is 57.1 cm³/mol. The van der Waals surface area contributed by atoms with E-state index in [2.05, 4.69) is 17.4 Å². The summed E-state index contributed by atoms with van der Waals surface area (Å²) in [6, 6.07) is 6.41. The highest BCUT2D eigenvalue weighted by Gasteiger charge is 2.03. The fourth-order valence-electron chi connectivity index (χ4n) is 0.892. The predicted octanol–water partition coefficient (Wildman–Crippen LogP) is 1.84. The number of aromatic hydroxyl groups is 1.